The number of aryl methyl sites for hydroxylation is 1. The standard InChI is InChI=1S/C30H39F4N/c31-29(22-35)9-3-1-2-6-23-10-16-26(17-11-23)27-18-12-24(13-19-27)7-4-5-8-25-14-20-28(21-15-25)30(32,33)34/h1,3,9,14-15,20-21,23-24,26-27H,2,4-8,10-13,16-19H2. The number of nitriles is 1. The van der Waals surface area contributed by atoms with E-state index < -0.39 is 17.6 Å². The zero-order valence-corrected chi connectivity index (χ0v) is 20.7. The molecule has 1 aromatic carbocycles. The van der Waals surface area contributed by atoms with Gasteiger partial charge in [0, 0.05) is 0 Å². The number of halogens is 4. The lowest BCUT2D eigenvalue weighted by molar-refractivity contribution is -0.137. The summed E-state index contributed by atoms with van der Waals surface area (Å²) >= 11 is 0. The van der Waals surface area contributed by atoms with E-state index >= 15 is 0 Å². The molecule has 0 atom stereocenters. The van der Waals surface area contributed by atoms with E-state index in [2.05, 4.69) is 0 Å². The molecule has 3 rings (SSSR count). The van der Waals surface area contributed by atoms with Crippen LogP contribution in [-0.4, -0.2) is 0 Å². The van der Waals surface area contributed by atoms with Crippen LogP contribution in [0.5, 0.6) is 0 Å². The Bertz CT molecular complexity index is 846. The van der Waals surface area contributed by atoms with Crippen molar-refractivity contribution in [3.8, 4) is 6.07 Å². The van der Waals surface area contributed by atoms with Crippen LogP contribution >= 0.6 is 0 Å². The van der Waals surface area contributed by atoms with Crippen LogP contribution in [0.15, 0.2) is 48.3 Å². The Hall–Kier alpha value is -2.09. The number of allylic oxidation sites excluding steroid dienone is 4. The molecule has 2 saturated carbocycles. The van der Waals surface area contributed by atoms with Gasteiger partial charge in [-0.1, -0.05) is 62.8 Å². The summed E-state index contributed by atoms with van der Waals surface area (Å²) < 4.78 is 50.8. The average molecular weight is 490 g/mol. The predicted octanol–water partition coefficient (Wildman–Crippen LogP) is 9.74. The Morgan fingerprint density at radius 3 is 1.97 bits per heavy atom. The Labute approximate surface area is 208 Å². The highest BCUT2D eigenvalue weighted by atomic mass is 19.4. The molecule has 0 aliphatic heterocycles. The van der Waals surface area contributed by atoms with Crippen molar-refractivity contribution in [2.24, 2.45) is 23.7 Å². The summed E-state index contributed by atoms with van der Waals surface area (Å²) in [6, 6.07) is 7.11. The van der Waals surface area contributed by atoms with Gasteiger partial charge in [-0.05, 0) is 98.8 Å². The van der Waals surface area contributed by atoms with Crippen molar-refractivity contribution in [1.29, 1.82) is 5.26 Å². The van der Waals surface area contributed by atoms with Gasteiger partial charge in [0.15, 0.2) is 5.83 Å². The minimum Gasteiger partial charge on any atom is -0.195 e. The van der Waals surface area contributed by atoms with E-state index in [4.69, 9.17) is 5.26 Å². The number of nitrogens with zero attached hydrogens (tertiary/aromatic N) is 1. The topological polar surface area (TPSA) is 23.8 Å². The molecule has 0 radical (unpaired) electrons. The predicted molar refractivity (Wildman–Crippen MR) is 133 cm³/mol. The van der Waals surface area contributed by atoms with Crippen molar-refractivity contribution in [3.63, 3.8) is 0 Å². The van der Waals surface area contributed by atoms with Crippen LogP contribution in [0.25, 0.3) is 0 Å². The Morgan fingerprint density at radius 1 is 0.857 bits per heavy atom. The Morgan fingerprint density at radius 2 is 1.43 bits per heavy atom. The minimum absolute atomic E-state index is 0.567. The van der Waals surface area contributed by atoms with E-state index in [1.165, 1.54) is 82.1 Å². The maximum Gasteiger partial charge on any atom is 0.416 e. The van der Waals surface area contributed by atoms with Crippen molar-refractivity contribution in [1.82, 2.24) is 0 Å². The molecule has 0 aromatic heterocycles. The van der Waals surface area contributed by atoms with Crippen molar-refractivity contribution >= 4 is 0 Å². The molecule has 35 heavy (non-hydrogen) atoms. The van der Waals surface area contributed by atoms with Gasteiger partial charge in [0.05, 0.1) is 5.56 Å². The summed E-state index contributed by atoms with van der Waals surface area (Å²) in [5, 5.41) is 8.40. The van der Waals surface area contributed by atoms with E-state index in [0.29, 0.717) is 0 Å². The third kappa shape index (κ3) is 9.47. The molecule has 1 aromatic rings. The fraction of sp³-hybridized carbons (Fsp3) is 0.633. The second kappa shape index (κ2) is 13.9. The number of rotatable bonds is 10. The van der Waals surface area contributed by atoms with E-state index in [-0.39, 0.29) is 0 Å². The lowest BCUT2D eigenvalue weighted by atomic mass is 9.68. The van der Waals surface area contributed by atoms with Gasteiger partial charge in [0.2, 0.25) is 0 Å². The molecule has 0 unspecified atom stereocenters. The van der Waals surface area contributed by atoms with E-state index in [9.17, 15) is 17.6 Å². The van der Waals surface area contributed by atoms with Gasteiger partial charge < -0.3 is 0 Å². The molecule has 0 amide bonds. The second-order valence-corrected chi connectivity index (χ2v) is 10.6. The van der Waals surface area contributed by atoms with Crippen molar-refractivity contribution in [2.75, 3.05) is 0 Å². The van der Waals surface area contributed by atoms with Crippen LogP contribution in [-0.2, 0) is 12.6 Å². The first kappa shape index (κ1) is 27.5. The molecular weight excluding hydrogens is 450 g/mol. The molecule has 2 aliphatic carbocycles. The number of unbranched alkanes of at least 4 members (excludes halogenated alkanes) is 1. The summed E-state index contributed by atoms with van der Waals surface area (Å²) in [6.07, 6.45) is 17.7. The van der Waals surface area contributed by atoms with Gasteiger partial charge in [0.25, 0.3) is 0 Å². The summed E-state index contributed by atoms with van der Waals surface area (Å²) in [6.45, 7) is 0. The van der Waals surface area contributed by atoms with Gasteiger partial charge in [-0.3, -0.25) is 0 Å². The SMILES string of the molecule is N#CC(F)=CC=CCCC1CCC(C2CCC(CCCCc3ccc(C(F)(F)F)cc3)CC2)CC1. The molecule has 2 aliphatic rings. The van der Waals surface area contributed by atoms with Gasteiger partial charge >= 0.3 is 6.18 Å². The normalized spacial score (nSPS) is 26.1. The first-order valence-electron chi connectivity index (χ1n) is 13.4. The summed E-state index contributed by atoms with van der Waals surface area (Å²) in [4.78, 5) is 0. The molecule has 0 spiro atoms. The molecule has 2 fully saturated rings. The minimum atomic E-state index is -4.26. The molecule has 1 nitrogen and oxygen atoms in total. The maximum absolute atomic E-state index is 12.8. The molecule has 5 heteroatoms. The molecular formula is C30H39F4N. The molecule has 0 bridgehead atoms. The maximum atomic E-state index is 12.8. The van der Waals surface area contributed by atoms with Crippen molar-refractivity contribution < 1.29 is 17.6 Å². The lowest BCUT2D eigenvalue weighted by Crippen LogP contribution is -2.25. The fourth-order valence-electron chi connectivity index (χ4n) is 6.14. The van der Waals surface area contributed by atoms with Crippen molar-refractivity contribution in [2.45, 2.75) is 96.1 Å². The Balaban J connectivity index is 1.25. The zero-order chi connectivity index (χ0) is 25.1. The second-order valence-electron chi connectivity index (χ2n) is 10.6. The first-order chi connectivity index (χ1) is 16.8. The Kier molecular flexibility index (Phi) is 10.9. The van der Waals surface area contributed by atoms with E-state index in [1.807, 2.05) is 6.08 Å². The van der Waals surface area contributed by atoms with E-state index in [0.717, 1.165) is 61.3 Å². The monoisotopic (exact) mass is 489 g/mol. The molecule has 192 valence electrons. The number of hydrogen-bond donors (Lipinski definition) is 0. The molecule has 0 saturated heterocycles. The van der Waals surface area contributed by atoms with Gasteiger partial charge in [-0.15, -0.1) is 0 Å². The van der Waals surface area contributed by atoms with Crippen molar-refractivity contribution in [3.05, 3.63) is 59.4 Å². The molecule has 0 N–H and O–H groups in total. The van der Waals surface area contributed by atoms with Crippen LogP contribution in [0.4, 0.5) is 17.6 Å². The summed E-state index contributed by atoms with van der Waals surface area (Å²) in [7, 11) is 0. The largest absolute Gasteiger partial charge is 0.416 e. The van der Waals surface area contributed by atoms with Crippen LogP contribution < -0.4 is 0 Å². The van der Waals surface area contributed by atoms with Gasteiger partial charge in [0.1, 0.15) is 6.07 Å². The van der Waals surface area contributed by atoms with Gasteiger partial charge in [-0.25, -0.2) is 0 Å². The number of hydrogen-bond acceptors (Lipinski definition) is 1. The average Bonchev–Trinajstić information content (AvgIpc) is 2.87. The third-order valence-electron chi connectivity index (χ3n) is 8.29. The smallest absolute Gasteiger partial charge is 0.195 e. The van der Waals surface area contributed by atoms with Crippen LogP contribution in [0.2, 0.25) is 0 Å². The van der Waals surface area contributed by atoms with Crippen LogP contribution in [0.3, 0.4) is 0 Å². The highest BCUT2D eigenvalue weighted by Crippen LogP contribution is 2.43. The number of benzene rings is 1. The third-order valence-corrected chi connectivity index (χ3v) is 8.29. The summed E-state index contributed by atoms with van der Waals surface area (Å²) in [5.74, 6) is 2.63. The number of alkyl halides is 3. The fourth-order valence-corrected chi connectivity index (χ4v) is 6.14. The quantitative estimate of drug-likeness (QED) is 0.139. The lowest BCUT2D eigenvalue weighted by Gasteiger charge is -2.38. The first-order valence-corrected chi connectivity index (χ1v) is 13.4. The zero-order valence-electron chi connectivity index (χ0n) is 20.7. The van der Waals surface area contributed by atoms with Gasteiger partial charge in [-0.2, -0.15) is 22.8 Å². The summed E-state index contributed by atoms with van der Waals surface area (Å²) in [5.41, 5.74) is 0.431. The highest BCUT2D eigenvalue weighted by Gasteiger charge is 2.31. The highest BCUT2D eigenvalue weighted by molar-refractivity contribution is 5.24. The van der Waals surface area contributed by atoms with Crippen LogP contribution in [0, 0.1) is 35.0 Å². The van der Waals surface area contributed by atoms with Crippen LogP contribution in [0.1, 0.15) is 94.6 Å². The van der Waals surface area contributed by atoms with E-state index in [1.54, 1.807) is 18.2 Å². The molecule has 0 heterocycles.